The molecule has 29 heavy (non-hydrogen) atoms. The SMILES string of the molecule is CCN1C(=O)C(CC(=O)Nc2ccccc2)S/C1=N\S(=O)(=O)c1ccc(F)cc1. The number of nitrogens with zero attached hydrogens (tertiary/aromatic N) is 2. The molecule has 0 radical (unpaired) electrons. The Hall–Kier alpha value is -2.72. The Kier molecular flexibility index (Phi) is 6.33. The maximum absolute atomic E-state index is 13.1. The minimum Gasteiger partial charge on any atom is -0.326 e. The summed E-state index contributed by atoms with van der Waals surface area (Å²) in [6.07, 6.45) is -0.121. The molecule has 0 spiro atoms. The largest absolute Gasteiger partial charge is 0.326 e. The van der Waals surface area contributed by atoms with Crippen LogP contribution >= 0.6 is 11.8 Å². The highest BCUT2D eigenvalue weighted by Crippen LogP contribution is 2.31. The second kappa shape index (κ2) is 8.75. The summed E-state index contributed by atoms with van der Waals surface area (Å²) in [5, 5.41) is 1.92. The van der Waals surface area contributed by atoms with Crippen molar-refractivity contribution in [1.82, 2.24) is 4.90 Å². The standard InChI is InChI=1S/C19H18FN3O4S2/c1-2-23-18(25)16(12-17(24)21-14-6-4-3-5-7-14)28-19(23)22-29(26,27)15-10-8-13(20)9-11-15/h3-11,16H,2,12H2,1H3,(H,21,24)/b22-19-. The summed E-state index contributed by atoms with van der Waals surface area (Å²) in [4.78, 5) is 25.9. The zero-order valence-corrected chi connectivity index (χ0v) is 17.0. The van der Waals surface area contributed by atoms with Gasteiger partial charge in [-0.2, -0.15) is 8.42 Å². The molecule has 3 rings (SSSR count). The van der Waals surface area contributed by atoms with E-state index in [1.165, 1.54) is 4.90 Å². The number of nitrogens with one attached hydrogen (secondary N) is 1. The molecule has 0 saturated carbocycles. The minimum absolute atomic E-state index is 0.000615. The summed E-state index contributed by atoms with van der Waals surface area (Å²) in [6, 6.07) is 13.1. The summed E-state index contributed by atoms with van der Waals surface area (Å²) in [5.41, 5.74) is 0.605. The van der Waals surface area contributed by atoms with Gasteiger partial charge in [-0.15, -0.1) is 4.40 Å². The first-order chi connectivity index (χ1) is 13.8. The summed E-state index contributed by atoms with van der Waals surface area (Å²) in [7, 11) is -4.12. The molecule has 1 N–H and O–H groups in total. The summed E-state index contributed by atoms with van der Waals surface area (Å²) in [5.74, 6) is -1.31. The average Bonchev–Trinajstić information content (AvgIpc) is 2.96. The van der Waals surface area contributed by atoms with Gasteiger partial charge < -0.3 is 5.32 Å². The summed E-state index contributed by atoms with van der Waals surface area (Å²) < 4.78 is 41.8. The number of halogens is 1. The van der Waals surface area contributed by atoms with Crippen LogP contribution in [0, 0.1) is 5.82 Å². The summed E-state index contributed by atoms with van der Waals surface area (Å²) >= 11 is 0.927. The number of para-hydroxylation sites is 1. The van der Waals surface area contributed by atoms with Crippen molar-refractivity contribution in [2.24, 2.45) is 4.40 Å². The Bertz CT molecular complexity index is 1040. The summed E-state index contributed by atoms with van der Waals surface area (Å²) in [6.45, 7) is 1.89. The number of carbonyl (C=O) groups is 2. The maximum Gasteiger partial charge on any atom is 0.284 e. The van der Waals surface area contributed by atoms with Crippen LogP contribution < -0.4 is 5.32 Å². The number of hydrogen-bond acceptors (Lipinski definition) is 5. The van der Waals surface area contributed by atoms with E-state index in [2.05, 4.69) is 9.71 Å². The van der Waals surface area contributed by atoms with Crippen LogP contribution in [0.3, 0.4) is 0 Å². The van der Waals surface area contributed by atoms with Gasteiger partial charge in [0.1, 0.15) is 11.1 Å². The van der Waals surface area contributed by atoms with Crippen LogP contribution in [0.2, 0.25) is 0 Å². The second-order valence-electron chi connectivity index (χ2n) is 6.11. The fraction of sp³-hybridized carbons (Fsp3) is 0.211. The Labute approximate surface area is 172 Å². The van der Waals surface area contributed by atoms with Crippen molar-refractivity contribution in [3.05, 3.63) is 60.4 Å². The fourth-order valence-corrected chi connectivity index (χ4v) is 5.08. The molecule has 7 nitrogen and oxygen atoms in total. The van der Waals surface area contributed by atoms with Crippen molar-refractivity contribution in [2.75, 3.05) is 11.9 Å². The third-order valence-corrected chi connectivity index (χ3v) is 6.65. The number of carbonyl (C=O) groups excluding carboxylic acids is 2. The quantitative estimate of drug-likeness (QED) is 0.753. The van der Waals surface area contributed by atoms with Gasteiger partial charge in [-0.1, -0.05) is 30.0 Å². The smallest absolute Gasteiger partial charge is 0.284 e. The van der Waals surface area contributed by atoms with Crippen LogP contribution in [-0.4, -0.2) is 42.1 Å². The van der Waals surface area contributed by atoms with Crippen LogP contribution in [0.5, 0.6) is 0 Å². The first kappa shape index (κ1) is 21.0. The molecule has 2 aromatic rings. The average molecular weight is 436 g/mol. The van der Waals surface area contributed by atoms with E-state index in [0.29, 0.717) is 5.69 Å². The molecule has 2 aromatic carbocycles. The monoisotopic (exact) mass is 435 g/mol. The number of amidine groups is 1. The molecule has 0 bridgehead atoms. The number of benzene rings is 2. The lowest BCUT2D eigenvalue weighted by molar-refractivity contribution is -0.128. The van der Waals surface area contributed by atoms with Crippen molar-refractivity contribution in [2.45, 2.75) is 23.5 Å². The minimum atomic E-state index is -4.12. The lowest BCUT2D eigenvalue weighted by atomic mass is 10.2. The first-order valence-corrected chi connectivity index (χ1v) is 11.1. The van der Waals surface area contributed by atoms with Crippen molar-refractivity contribution >= 4 is 44.5 Å². The molecule has 2 amide bonds. The van der Waals surface area contributed by atoms with Crippen molar-refractivity contribution < 1.29 is 22.4 Å². The van der Waals surface area contributed by atoms with Crippen molar-refractivity contribution in [3.8, 4) is 0 Å². The zero-order valence-electron chi connectivity index (χ0n) is 15.4. The number of thioether (sulfide) groups is 1. The van der Waals surface area contributed by atoms with Gasteiger partial charge in [-0.3, -0.25) is 14.5 Å². The maximum atomic E-state index is 13.1. The predicted octanol–water partition coefficient (Wildman–Crippen LogP) is 2.86. The Balaban J connectivity index is 1.77. The van der Waals surface area contributed by atoms with E-state index in [4.69, 9.17) is 0 Å². The van der Waals surface area contributed by atoms with Gasteiger partial charge in [0.2, 0.25) is 11.8 Å². The molecule has 0 aromatic heterocycles. The Morgan fingerprint density at radius 3 is 2.45 bits per heavy atom. The molecule has 1 unspecified atom stereocenters. The number of anilines is 1. The van der Waals surface area contributed by atoms with E-state index in [1.807, 2.05) is 6.07 Å². The van der Waals surface area contributed by atoms with E-state index >= 15 is 0 Å². The molecule has 1 aliphatic rings. The third kappa shape index (κ3) is 5.01. The molecular formula is C19H18FN3O4S2. The highest BCUT2D eigenvalue weighted by molar-refractivity contribution is 8.16. The van der Waals surface area contributed by atoms with Crippen molar-refractivity contribution in [1.29, 1.82) is 0 Å². The normalized spacial score (nSPS) is 18.3. The third-order valence-electron chi connectivity index (χ3n) is 4.07. The number of rotatable bonds is 6. The number of sulfonamides is 1. The van der Waals surface area contributed by atoms with E-state index < -0.39 is 21.1 Å². The van der Waals surface area contributed by atoms with Crippen molar-refractivity contribution in [3.63, 3.8) is 0 Å². The molecule has 152 valence electrons. The van der Waals surface area contributed by atoms with Gasteiger partial charge in [-0.05, 0) is 43.3 Å². The van der Waals surface area contributed by atoms with Crippen LogP contribution in [0.4, 0.5) is 10.1 Å². The Morgan fingerprint density at radius 2 is 1.83 bits per heavy atom. The zero-order chi connectivity index (χ0) is 21.0. The topological polar surface area (TPSA) is 95.9 Å². The molecule has 1 atom stereocenters. The van der Waals surface area contributed by atoms with Gasteiger partial charge >= 0.3 is 0 Å². The Morgan fingerprint density at radius 1 is 1.17 bits per heavy atom. The highest BCUT2D eigenvalue weighted by Gasteiger charge is 2.39. The molecule has 1 aliphatic heterocycles. The first-order valence-electron chi connectivity index (χ1n) is 8.73. The van der Waals surface area contributed by atoms with Crippen LogP contribution in [0.25, 0.3) is 0 Å². The van der Waals surface area contributed by atoms with Gasteiger partial charge in [0.15, 0.2) is 5.17 Å². The fourth-order valence-electron chi connectivity index (χ4n) is 2.66. The number of hydrogen-bond donors (Lipinski definition) is 1. The van der Waals surface area contributed by atoms with E-state index in [9.17, 15) is 22.4 Å². The van der Waals surface area contributed by atoms with Crippen LogP contribution in [0.15, 0.2) is 63.9 Å². The van der Waals surface area contributed by atoms with Gasteiger partial charge in [0.05, 0.1) is 4.90 Å². The van der Waals surface area contributed by atoms with E-state index in [-0.39, 0.29) is 34.8 Å². The van der Waals surface area contributed by atoms with Crippen LogP contribution in [0.1, 0.15) is 13.3 Å². The molecule has 1 heterocycles. The van der Waals surface area contributed by atoms with E-state index in [1.54, 1.807) is 31.2 Å². The number of amides is 2. The predicted molar refractivity (Wildman–Crippen MR) is 109 cm³/mol. The second-order valence-corrected chi connectivity index (χ2v) is 8.88. The molecule has 0 aliphatic carbocycles. The van der Waals surface area contributed by atoms with Crippen LogP contribution in [-0.2, 0) is 19.6 Å². The lowest BCUT2D eigenvalue weighted by Crippen LogP contribution is -2.33. The van der Waals surface area contributed by atoms with Gasteiger partial charge in [-0.25, -0.2) is 4.39 Å². The highest BCUT2D eigenvalue weighted by atomic mass is 32.2. The molecular weight excluding hydrogens is 417 g/mol. The molecule has 10 heteroatoms. The lowest BCUT2D eigenvalue weighted by Gasteiger charge is -2.13. The van der Waals surface area contributed by atoms with Gasteiger partial charge in [0, 0.05) is 18.7 Å². The molecule has 1 fully saturated rings. The molecule has 1 saturated heterocycles. The van der Waals surface area contributed by atoms with E-state index in [0.717, 1.165) is 36.0 Å². The van der Waals surface area contributed by atoms with Gasteiger partial charge in [0.25, 0.3) is 10.0 Å².